The number of esters is 1. The molecule has 1 aromatic heterocycles. The highest BCUT2D eigenvalue weighted by molar-refractivity contribution is 7.52. The number of H-pyrrole nitrogens is 1. The summed E-state index contributed by atoms with van der Waals surface area (Å²) >= 11 is 0. The van der Waals surface area contributed by atoms with Crippen molar-refractivity contribution in [2.24, 2.45) is 5.92 Å². The SMILES string of the molecule is CC(C)OC(=O)[C@H](C)NP(=O)(OC[C@@H](O[C@H](CO)n1ccc(=O)[nH]c1=O)[C@@H](O)C#CC1CC1)Oc1ccccc1. The predicted octanol–water partition coefficient (Wildman–Crippen LogP) is 1.32. The number of aromatic amines is 1. The van der Waals surface area contributed by atoms with E-state index in [0.29, 0.717) is 0 Å². The number of nitrogens with one attached hydrogen (secondary N) is 2. The van der Waals surface area contributed by atoms with Gasteiger partial charge in [-0.15, -0.1) is 0 Å². The lowest BCUT2D eigenvalue weighted by Gasteiger charge is -2.28. The number of hydrogen-bond donors (Lipinski definition) is 4. The first-order valence-corrected chi connectivity index (χ1v) is 14.3. The number of aliphatic hydroxyl groups excluding tert-OH is 2. The van der Waals surface area contributed by atoms with Gasteiger partial charge in [-0.3, -0.25) is 23.7 Å². The van der Waals surface area contributed by atoms with E-state index < -0.39 is 68.8 Å². The number of rotatable bonds is 14. The zero-order valence-corrected chi connectivity index (χ0v) is 23.3. The molecule has 1 saturated carbocycles. The standard InChI is InChI=1S/C26H34N3O10P/c1-17(2)37-25(33)18(3)28-40(35,39-20-7-5-4-6-8-20)36-16-22(21(31)12-11-19-9-10-19)38-24(15-30)29-14-13-23(32)27-26(29)34/h4-8,13-14,17-19,21-22,24,30-31H,9-10,15-16H2,1-3H3,(H,28,35)(H,27,32,34)/t18-,21-,22+,24+,40?/m0/s1. The Morgan fingerprint density at radius 1 is 1.20 bits per heavy atom. The zero-order chi connectivity index (χ0) is 29.3. The molecule has 0 spiro atoms. The predicted molar refractivity (Wildman–Crippen MR) is 143 cm³/mol. The zero-order valence-electron chi connectivity index (χ0n) is 22.4. The summed E-state index contributed by atoms with van der Waals surface area (Å²) in [6.45, 7) is 3.43. The second-order valence-electron chi connectivity index (χ2n) is 9.37. The Morgan fingerprint density at radius 2 is 1.90 bits per heavy atom. The van der Waals surface area contributed by atoms with Gasteiger partial charge in [0.05, 0.1) is 19.3 Å². The maximum Gasteiger partial charge on any atom is 0.459 e. The van der Waals surface area contributed by atoms with Crippen LogP contribution in [-0.4, -0.2) is 63.3 Å². The van der Waals surface area contributed by atoms with Gasteiger partial charge < -0.3 is 24.2 Å². The lowest BCUT2D eigenvalue weighted by Crippen LogP contribution is -2.41. The van der Waals surface area contributed by atoms with E-state index in [4.69, 9.17) is 18.5 Å². The summed E-state index contributed by atoms with van der Waals surface area (Å²) in [4.78, 5) is 38.2. The van der Waals surface area contributed by atoms with Crippen LogP contribution in [0.25, 0.3) is 0 Å². The summed E-state index contributed by atoms with van der Waals surface area (Å²) in [5.41, 5.74) is -1.51. The minimum atomic E-state index is -4.32. The van der Waals surface area contributed by atoms with E-state index in [9.17, 15) is 29.2 Å². The molecule has 1 unspecified atom stereocenters. The summed E-state index contributed by atoms with van der Waals surface area (Å²) in [5.74, 6) is 5.17. The number of para-hydroxylation sites is 1. The molecule has 4 N–H and O–H groups in total. The van der Waals surface area contributed by atoms with Gasteiger partial charge in [-0.05, 0) is 45.7 Å². The number of nitrogens with zero attached hydrogens (tertiary/aromatic N) is 1. The molecule has 218 valence electrons. The van der Waals surface area contributed by atoms with Gasteiger partial charge >= 0.3 is 19.4 Å². The van der Waals surface area contributed by atoms with Gasteiger partial charge in [0.1, 0.15) is 24.0 Å². The largest absolute Gasteiger partial charge is 0.462 e. The molecule has 0 aliphatic heterocycles. The van der Waals surface area contributed by atoms with E-state index in [2.05, 4.69) is 21.9 Å². The number of benzene rings is 1. The van der Waals surface area contributed by atoms with Crippen molar-refractivity contribution in [3.8, 4) is 17.6 Å². The molecular formula is C26H34N3O10P. The molecule has 1 fully saturated rings. The van der Waals surface area contributed by atoms with Crippen molar-refractivity contribution in [2.45, 2.75) is 64.2 Å². The minimum Gasteiger partial charge on any atom is -0.462 e. The second-order valence-corrected chi connectivity index (χ2v) is 11.1. The topological polar surface area (TPSA) is 178 Å². The Kier molecular flexibility index (Phi) is 11.3. The first-order chi connectivity index (χ1) is 19.0. The molecule has 1 aliphatic rings. The molecule has 0 amide bonds. The lowest BCUT2D eigenvalue weighted by atomic mass is 10.2. The average molecular weight is 580 g/mol. The van der Waals surface area contributed by atoms with Gasteiger partial charge in [-0.2, -0.15) is 5.09 Å². The van der Waals surface area contributed by atoms with E-state index in [-0.39, 0.29) is 11.7 Å². The minimum absolute atomic E-state index is 0.133. The van der Waals surface area contributed by atoms with Gasteiger partial charge in [-0.1, -0.05) is 30.0 Å². The number of hydrogen-bond acceptors (Lipinski definition) is 10. The van der Waals surface area contributed by atoms with Gasteiger partial charge in [0.2, 0.25) is 0 Å². The molecule has 0 bridgehead atoms. The number of aromatic nitrogens is 2. The smallest absolute Gasteiger partial charge is 0.459 e. The monoisotopic (exact) mass is 579 g/mol. The van der Waals surface area contributed by atoms with Crippen LogP contribution in [0.5, 0.6) is 5.75 Å². The van der Waals surface area contributed by atoms with Crippen LogP contribution >= 0.6 is 7.75 Å². The normalized spacial score (nSPS) is 17.6. The van der Waals surface area contributed by atoms with Crippen LogP contribution in [0, 0.1) is 17.8 Å². The maximum absolute atomic E-state index is 13.8. The second kappa shape index (κ2) is 14.4. The fraction of sp³-hybridized carbons (Fsp3) is 0.500. The van der Waals surface area contributed by atoms with E-state index in [1.807, 2.05) is 0 Å². The van der Waals surface area contributed by atoms with Crippen LogP contribution in [-0.2, 0) is 23.4 Å². The summed E-state index contributed by atoms with van der Waals surface area (Å²) in [7, 11) is -4.32. The highest BCUT2D eigenvalue weighted by Gasteiger charge is 2.35. The molecule has 0 radical (unpaired) electrons. The van der Waals surface area contributed by atoms with Crippen LogP contribution in [0.15, 0.2) is 52.2 Å². The third kappa shape index (κ3) is 9.75. The van der Waals surface area contributed by atoms with E-state index in [0.717, 1.165) is 29.7 Å². The van der Waals surface area contributed by atoms with Gasteiger partial charge in [0.25, 0.3) is 5.56 Å². The Balaban J connectivity index is 1.85. The fourth-order valence-corrected chi connectivity index (χ4v) is 4.79. The molecule has 1 heterocycles. The van der Waals surface area contributed by atoms with Gasteiger partial charge in [0.15, 0.2) is 6.23 Å². The summed E-state index contributed by atoms with van der Waals surface area (Å²) < 4.78 is 36.9. The average Bonchev–Trinajstić information content (AvgIpc) is 3.73. The molecule has 3 rings (SSSR count). The molecule has 2 aromatic rings. The molecule has 40 heavy (non-hydrogen) atoms. The lowest BCUT2D eigenvalue weighted by molar-refractivity contribution is -0.149. The van der Waals surface area contributed by atoms with Crippen molar-refractivity contribution >= 4 is 13.7 Å². The Morgan fingerprint density at radius 3 is 2.50 bits per heavy atom. The molecular weight excluding hydrogens is 545 g/mol. The first-order valence-electron chi connectivity index (χ1n) is 12.7. The van der Waals surface area contributed by atoms with Crippen molar-refractivity contribution in [1.82, 2.24) is 14.6 Å². The Labute approximate surface area is 231 Å². The molecule has 13 nitrogen and oxygen atoms in total. The fourth-order valence-electron chi connectivity index (χ4n) is 3.29. The van der Waals surface area contributed by atoms with Crippen molar-refractivity contribution in [3.05, 3.63) is 63.4 Å². The van der Waals surface area contributed by atoms with E-state index in [1.54, 1.807) is 32.0 Å². The number of carbonyl (C=O) groups excluding carboxylic acids is 1. The van der Waals surface area contributed by atoms with Crippen LogP contribution < -0.4 is 20.9 Å². The van der Waals surface area contributed by atoms with Crippen LogP contribution in [0.2, 0.25) is 0 Å². The van der Waals surface area contributed by atoms with Crippen molar-refractivity contribution in [2.75, 3.05) is 13.2 Å². The van der Waals surface area contributed by atoms with Crippen LogP contribution in [0.3, 0.4) is 0 Å². The summed E-state index contributed by atoms with van der Waals surface area (Å²) in [6.07, 6.45) is -1.72. The summed E-state index contributed by atoms with van der Waals surface area (Å²) in [5, 5.41) is 23.3. The quantitative estimate of drug-likeness (QED) is 0.144. The van der Waals surface area contributed by atoms with Crippen LogP contribution in [0.1, 0.15) is 39.8 Å². The number of carbonyl (C=O) groups is 1. The highest BCUT2D eigenvalue weighted by atomic mass is 31.2. The molecule has 5 atom stereocenters. The third-order valence-corrected chi connectivity index (χ3v) is 7.09. The molecule has 0 saturated heterocycles. The highest BCUT2D eigenvalue weighted by Crippen LogP contribution is 2.45. The number of ether oxygens (including phenoxy) is 2. The molecule has 1 aromatic carbocycles. The Bertz CT molecular complexity index is 1350. The maximum atomic E-state index is 13.8. The van der Waals surface area contributed by atoms with E-state index >= 15 is 0 Å². The first kappa shape index (κ1) is 31.3. The van der Waals surface area contributed by atoms with Crippen LogP contribution in [0.4, 0.5) is 0 Å². The van der Waals surface area contributed by atoms with Gasteiger partial charge in [-0.25, -0.2) is 9.36 Å². The van der Waals surface area contributed by atoms with Crippen molar-refractivity contribution in [1.29, 1.82) is 0 Å². The van der Waals surface area contributed by atoms with E-state index in [1.165, 1.54) is 19.1 Å². The Hall–Kier alpha value is -3.24. The number of aliphatic hydroxyl groups is 2. The van der Waals surface area contributed by atoms with Gasteiger partial charge in [0, 0.05) is 18.2 Å². The summed E-state index contributed by atoms with van der Waals surface area (Å²) in [6, 6.07) is 8.03. The third-order valence-electron chi connectivity index (χ3n) is 5.45. The van der Waals surface area contributed by atoms with Crippen molar-refractivity contribution in [3.63, 3.8) is 0 Å². The molecule has 1 aliphatic carbocycles. The molecule has 14 heteroatoms. The van der Waals surface area contributed by atoms with Crippen molar-refractivity contribution < 1.29 is 38.1 Å².